The molecule has 1 aromatic heterocycles. The zero-order chi connectivity index (χ0) is 24.4. The number of benzene rings is 3. The van der Waals surface area contributed by atoms with Crippen molar-refractivity contribution in [3.05, 3.63) is 104 Å². The third-order valence-electron chi connectivity index (χ3n) is 5.41. The lowest BCUT2D eigenvalue weighted by atomic mass is 10.0. The Bertz CT molecular complexity index is 1530. The van der Waals surface area contributed by atoms with Crippen molar-refractivity contribution < 1.29 is 14.1 Å². The van der Waals surface area contributed by atoms with Crippen molar-refractivity contribution in [1.82, 2.24) is 5.32 Å². The lowest BCUT2D eigenvalue weighted by Crippen LogP contribution is -2.34. The maximum Gasteiger partial charge on any atom is 0.344 e. The topological polar surface area (TPSA) is 114 Å². The number of carbonyl (C=O) groups excluding carboxylic acids is 1. The summed E-state index contributed by atoms with van der Waals surface area (Å²) in [6.45, 7) is 3.36. The summed E-state index contributed by atoms with van der Waals surface area (Å²) in [6.07, 6.45) is 0. The second-order valence-electron chi connectivity index (χ2n) is 7.63. The van der Waals surface area contributed by atoms with Crippen molar-refractivity contribution in [1.29, 1.82) is 0 Å². The average molecular weight is 474 g/mol. The Hall–Kier alpha value is -4.37. The summed E-state index contributed by atoms with van der Waals surface area (Å²) in [4.78, 5) is 35.8. The van der Waals surface area contributed by atoms with Crippen LogP contribution >= 0.6 is 12.2 Å². The lowest BCUT2D eigenvalue weighted by molar-refractivity contribution is -0.385. The van der Waals surface area contributed by atoms with Crippen LogP contribution in [-0.2, 0) is 0 Å². The highest BCUT2D eigenvalue weighted by Gasteiger charge is 2.19. The molecule has 170 valence electrons. The van der Waals surface area contributed by atoms with Crippen molar-refractivity contribution in [2.75, 3.05) is 5.32 Å². The summed E-state index contributed by atoms with van der Waals surface area (Å²) in [7, 11) is 0. The number of thiocarbonyl (C=S) groups is 1. The molecule has 0 bridgehead atoms. The third kappa shape index (κ3) is 4.55. The molecule has 0 saturated heterocycles. The van der Waals surface area contributed by atoms with Gasteiger partial charge in [0.1, 0.15) is 5.58 Å². The number of nitrogens with zero attached hydrogens (tertiary/aromatic N) is 1. The number of hydrogen-bond donors (Lipinski definition) is 2. The number of nitro groups is 1. The average Bonchev–Trinajstić information content (AvgIpc) is 2.80. The summed E-state index contributed by atoms with van der Waals surface area (Å²) < 4.78 is 5.43. The van der Waals surface area contributed by atoms with Gasteiger partial charge in [-0.1, -0.05) is 36.4 Å². The molecule has 3 aromatic carbocycles. The maximum absolute atomic E-state index is 12.7. The van der Waals surface area contributed by atoms with Crippen LogP contribution in [0.3, 0.4) is 0 Å². The Balaban J connectivity index is 1.58. The van der Waals surface area contributed by atoms with Crippen molar-refractivity contribution >= 4 is 45.6 Å². The molecule has 8 nitrogen and oxygen atoms in total. The Morgan fingerprint density at radius 3 is 2.56 bits per heavy atom. The monoisotopic (exact) mass is 473 g/mol. The van der Waals surface area contributed by atoms with Crippen LogP contribution in [0.2, 0.25) is 0 Å². The Labute approximate surface area is 199 Å². The molecule has 0 unspecified atom stereocenters. The Morgan fingerprint density at radius 2 is 1.79 bits per heavy atom. The van der Waals surface area contributed by atoms with E-state index in [4.69, 9.17) is 16.6 Å². The normalized spacial score (nSPS) is 10.6. The molecule has 9 heteroatoms. The summed E-state index contributed by atoms with van der Waals surface area (Å²) >= 11 is 5.29. The van der Waals surface area contributed by atoms with Crippen LogP contribution in [-0.4, -0.2) is 15.9 Å². The molecular weight excluding hydrogens is 454 g/mol. The Kier molecular flexibility index (Phi) is 6.20. The molecule has 2 N–H and O–H groups in total. The van der Waals surface area contributed by atoms with Gasteiger partial charge in [-0.25, -0.2) is 4.79 Å². The molecule has 0 fully saturated rings. The van der Waals surface area contributed by atoms with Gasteiger partial charge in [0, 0.05) is 28.3 Å². The summed E-state index contributed by atoms with van der Waals surface area (Å²) in [5, 5.41) is 17.5. The number of hydrogen-bond acceptors (Lipinski definition) is 6. The van der Waals surface area contributed by atoms with Gasteiger partial charge in [0.05, 0.1) is 10.5 Å². The number of nitro benzene ring substituents is 1. The highest BCUT2D eigenvalue weighted by atomic mass is 32.1. The minimum Gasteiger partial charge on any atom is -0.422 e. The van der Waals surface area contributed by atoms with Gasteiger partial charge in [-0.05, 0) is 61.5 Å². The van der Waals surface area contributed by atoms with E-state index in [0.717, 1.165) is 10.9 Å². The van der Waals surface area contributed by atoms with Gasteiger partial charge in [0.2, 0.25) is 0 Å². The second kappa shape index (κ2) is 9.24. The minimum atomic E-state index is -0.567. The number of rotatable bonds is 4. The van der Waals surface area contributed by atoms with Gasteiger partial charge in [0.25, 0.3) is 11.6 Å². The lowest BCUT2D eigenvalue weighted by Gasteiger charge is -2.14. The van der Waals surface area contributed by atoms with E-state index < -0.39 is 16.5 Å². The smallest absolute Gasteiger partial charge is 0.344 e. The van der Waals surface area contributed by atoms with E-state index >= 15 is 0 Å². The Morgan fingerprint density at radius 1 is 1.03 bits per heavy atom. The van der Waals surface area contributed by atoms with Crippen LogP contribution in [0.1, 0.15) is 21.5 Å². The van der Waals surface area contributed by atoms with E-state index in [1.165, 1.54) is 25.1 Å². The van der Waals surface area contributed by atoms with E-state index in [2.05, 4.69) is 10.6 Å². The third-order valence-corrected chi connectivity index (χ3v) is 5.62. The number of anilines is 1. The molecule has 4 aromatic rings. The summed E-state index contributed by atoms with van der Waals surface area (Å²) in [5.74, 6) is -0.567. The SMILES string of the molecule is Cc1ccc(-c2cc3ccccc3oc2=O)cc1NC(=S)NC(=O)c1cccc([N+](=O)[O-])c1C. The van der Waals surface area contributed by atoms with Gasteiger partial charge in [0.15, 0.2) is 5.11 Å². The minimum absolute atomic E-state index is 0.0155. The number of carbonyl (C=O) groups is 1. The number of amides is 1. The number of nitrogens with one attached hydrogen (secondary N) is 2. The first-order valence-corrected chi connectivity index (χ1v) is 10.7. The molecule has 0 aliphatic carbocycles. The number of para-hydroxylation sites is 1. The first-order valence-electron chi connectivity index (χ1n) is 10.2. The number of fused-ring (bicyclic) bond motifs is 1. The van der Waals surface area contributed by atoms with E-state index in [9.17, 15) is 19.7 Å². The van der Waals surface area contributed by atoms with E-state index in [1.54, 1.807) is 30.3 Å². The van der Waals surface area contributed by atoms with Gasteiger partial charge >= 0.3 is 5.63 Å². The predicted molar refractivity (Wildman–Crippen MR) is 134 cm³/mol. The van der Waals surface area contributed by atoms with Crippen LogP contribution in [0.4, 0.5) is 11.4 Å². The van der Waals surface area contributed by atoms with Crippen molar-refractivity contribution in [2.24, 2.45) is 0 Å². The quantitative estimate of drug-likeness (QED) is 0.183. The van der Waals surface area contributed by atoms with Crippen LogP contribution < -0.4 is 16.3 Å². The first kappa shape index (κ1) is 22.8. The molecule has 0 spiro atoms. The molecule has 0 atom stereocenters. The largest absolute Gasteiger partial charge is 0.422 e. The van der Waals surface area contributed by atoms with Gasteiger partial charge in [-0.2, -0.15) is 0 Å². The molecule has 0 aliphatic heterocycles. The van der Waals surface area contributed by atoms with Crippen LogP contribution in [0, 0.1) is 24.0 Å². The molecule has 4 rings (SSSR count). The molecular formula is C25H19N3O5S. The molecule has 34 heavy (non-hydrogen) atoms. The second-order valence-corrected chi connectivity index (χ2v) is 8.04. The molecule has 1 heterocycles. The number of aryl methyl sites for hydroxylation is 1. The molecule has 1 amide bonds. The van der Waals surface area contributed by atoms with E-state index in [0.29, 0.717) is 22.4 Å². The van der Waals surface area contributed by atoms with Gasteiger partial charge < -0.3 is 9.73 Å². The molecule has 0 saturated carbocycles. The fraction of sp³-hybridized carbons (Fsp3) is 0.0800. The maximum atomic E-state index is 12.7. The fourth-order valence-electron chi connectivity index (χ4n) is 3.58. The zero-order valence-corrected chi connectivity index (χ0v) is 19.1. The van der Waals surface area contributed by atoms with E-state index in [-0.39, 0.29) is 21.9 Å². The first-order chi connectivity index (χ1) is 16.2. The highest BCUT2D eigenvalue weighted by molar-refractivity contribution is 7.80. The molecule has 0 aliphatic rings. The molecule has 0 radical (unpaired) electrons. The van der Waals surface area contributed by atoms with Gasteiger partial charge in [-0.15, -0.1) is 0 Å². The van der Waals surface area contributed by atoms with E-state index in [1.807, 2.05) is 25.1 Å². The predicted octanol–water partition coefficient (Wildman–Crippen LogP) is 5.11. The van der Waals surface area contributed by atoms with Crippen LogP contribution in [0.15, 0.2) is 75.9 Å². The van der Waals surface area contributed by atoms with Gasteiger partial charge in [-0.3, -0.25) is 20.2 Å². The van der Waals surface area contributed by atoms with Crippen molar-refractivity contribution in [3.63, 3.8) is 0 Å². The highest BCUT2D eigenvalue weighted by Crippen LogP contribution is 2.26. The zero-order valence-electron chi connectivity index (χ0n) is 18.2. The summed E-state index contributed by atoms with van der Waals surface area (Å²) in [5.41, 5.74) is 2.71. The fourth-order valence-corrected chi connectivity index (χ4v) is 3.78. The van der Waals surface area contributed by atoms with Crippen molar-refractivity contribution in [3.8, 4) is 11.1 Å². The van der Waals surface area contributed by atoms with Crippen molar-refractivity contribution in [2.45, 2.75) is 13.8 Å². The standard InChI is InChI=1S/C25H19N3O5S/c1-14-10-11-16(19-12-17-6-3-4-9-22(17)33-24(19)30)13-20(14)26-25(34)27-23(29)18-7-5-8-21(15(18)2)28(31)32/h3-13H,1-2H3,(H2,26,27,29,34). The van der Waals surface area contributed by atoms with Crippen LogP contribution in [0.5, 0.6) is 0 Å². The van der Waals surface area contributed by atoms with Crippen LogP contribution in [0.25, 0.3) is 22.1 Å². The summed E-state index contributed by atoms with van der Waals surface area (Å²) in [6, 6.07) is 18.6.